The average molecular weight is 276 g/mol. The molecule has 2 heterocycles. The summed E-state index contributed by atoms with van der Waals surface area (Å²) in [5, 5.41) is 2.98. The van der Waals surface area contributed by atoms with Gasteiger partial charge in [0.2, 0.25) is 5.91 Å². The van der Waals surface area contributed by atoms with Crippen molar-refractivity contribution in [1.29, 1.82) is 0 Å². The zero-order valence-corrected chi connectivity index (χ0v) is 11.8. The van der Waals surface area contributed by atoms with Crippen LogP contribution in [0.4, 0.5) is 5.69 Å². The molecule has 19 heavy (non-hydrogen) atoms. The normalized spacial score (nSPS) is 10.4. The van der Waals surface area contributed by atoms with Crippen LogP contribution in [-0.4, -0.2) is 27.8 Å². The zero-order valence-electron chi connectivity index (χ0n) is 11.0. The summed E-state index contributed by atoms with van der Waals surface area (Å²) in [4.78, 5) is 22.2. The summed E-state index contributed by atoms with van der Waals surface area (Å²) in [5.74, 6) is 0.0166. The number of pyridine rings is 1. The topological polar surface area (TPSA) is 72.1 Å². The standard InChI is InChI=1S/C13H16N4OS/c1-9-16-12(8-19-9)7-17(2)13(18)5-11-4-3-10(14)6-15-11/h3-4,6,8H,5,7,14H2,1-2H3. The minimum absolute atomic E-state index is 0.0166. The number of hydrogen-bond donors (Lipinski definition) is 1. The Balaban J connectivity index is 1.94. The third-order valence-corrected chi connectivity index (χ3v) is 3.49. The Labute approximate surface area is 116 Å². The van der Waals surface area contributed by atoms with Crippen LogP contribution in [0.3, 0.4) is 0 Å². The van der Waals surface area contributed by atoms with E-state index < -0.39 is 0 Å². The Hall–Kier alpha value is -1.95. The molecule has 2 N–H and O–H groups in total. The van der Waals surface area contributed by atoms with Crippen molar-refractivity contribution in [2.75, 3.05) is 12.8 Å². The SMILES string of the molecule is Cc1nc(CN(C)C(=O)Cc2ccc(N)cn2)cs1. The maximum atomic E-state index is 12.0. The van der Waals surface area contributed by atoms with Gasteiger partial charge in [-0.2, -0.15) is 0 Å². The molecule has 0 aromatic carbocycles. The summed E-state index contributed by atoms with van der Waals surface area (Å²) < 4.78 is 0. The van der Waals surface area contributed by atoms with Gasteiger partial charge in [-0.05, 0) is 19.1 Å². The second-order valence-electron chi connectivity index (χ2n) is 4.37. The maximum absolute atomic E-state index is 12.0. The van der Waals surface area contributed by atoms with E-state index in [0.29, 0.717) is 12.2 Å². The summed E-state index contributed by atoms with van der Waals surface area (Å²) in [6.07, 6.45) is 1.84. The molecule has 100 valence electrons. The predicted molar refractivity (Wildman–Crippen MR) is 75.7 cm³/mol. The van der Waals surface area contributed by atoms with E-state index in [1.807, 2.05) is 12.3 Å². The summed E-state index contributed by atoms with van der Waals surface area (Å²) in [6.45, 7) is 2.48. The molecule has 0 aliphatic heterocycles. The van der Waals surface area contributed by atoms with Crippen molar-refractivity contribution in [3.8, 4) is 0 Å². The van der Waals surface area contributed by atoms with E-state index in [-0.39, 0.29) is 12.3 Å². The Morgan fingerprint density at radius 1 is 1.42 bits per heavy atom. The lowest BCUT2D eigenvalue weighted by atomic mass is 10.2. The quantitative estimate of drug-likeness (QED) is 0.921. The number of nitrogens with two attached hydrogens (primary N) is 1. The second-order valence-corrected chi connectivity index (χ2v) is 5.43. The lowest BCUT2D eigenvalue weighted by Gasteiger charge is -2.15. The number of carbonyl (C=O) groups excluding carboxylic acids is 1. The van der Waals surface area contributed by atoms with Crippen LogP contribution >= 0.6 is 11.3 Å². The minimum atomic E-state index is 0.0166. The van der Waals surface area contributed by atoms with Gasteiger partial charge < -0.3 is 10.6 Å². The number of thiazole rings is 1. The molecule has 2 aromatic rings. The molecule has 1 amide bonds. The van der Waals surface area contributed by atoms with Crippen LogP contribution in [0.5, 0.6) is 0 Å². The first kappa shape index (κ1) is 13.5. The van der Waals surface area contributed by atoms with E-state index in [0.717, 1.165) is 16.4 Å². The molecule has 0 atom stereocenters. The van der Waals surface area contributed by atoms with Gasteiger partial charge in [-0.25, -0.2) is 4.98 Å². The van der Waals surface area contributed by atoms with Crippen molar-refractivity contribution in [3.05, 3.63) is 40.1 Å². The highest BCUT2D eigenvalue weighted by atomic mass is 32.1. The summed E-state index contributed by atoms with van der Waals surface area (Å²) >= 11 is 1.59. The lowest BCUT2D eigenvalue weighted by Crippen LogP contribution is -2.28. The van der Waals surface area contributed by atoms with Crippen LogP contribution in [0.15, 0.2) is 23.7 Å². The number of nitrogens with zero attached hydrogens (tertiary/aromatic N) is 3. The second kappa shape index (κ2) is 5.79. The fourth-order valence-corrected chi connectivity index (χ4v) is 2.25. The van der Waals surface area contributed by atoms with Crippen LogP contribution in [-0.2, 0) is 17.8 Å². The minimum Gasteiger partial charge on any atom is -0.397 e. The summed E-state index contributed by atoms with van der Waals surface area (Å²) in [6, 6.07) is 3.52. The fraction of sp³-hybridized carbons (Fsp3) is 0.308. The van der Waals surface area contributed by atoms with Gasteiger partial charge in [-0.3, -0.25) is 9.78 Å². The van der Waals surface area contributed by atoms with Crippen molar-refractivity contribution in [2.24, 2.45) is 0 Å². The largest absolute Gasteiger partial charge is 0.397 e. The van der Waals surface area contributed by atoms with Gasteiger partial charge in [0.1, 0.15) is 0 Å². The van der Waals surface area contributed by atoms with Crippen molar-refractivity contribution in [2.45, 2.75) is 19.9 Å². The van der Waals surface area contributed by atoms with Crippen LogP contribution in [0.2, 0.25) is 0 Å². The van der Waals surface area contributed by atoms with E-state index in [1.54, 1.807) is 41.6 Å². The zero-order chi connectivity index (χ0) is 13.8. The molecule has 0 bridgehead atoms. The smallest absolute Gasteiger partial charge is 0.228 e. The number of likely N-dealkylation sites (N-methyl/N-ethyl adjacent to an activating group) is 1. The van der Waals surface area contributed by atoms with Gasteiger partial charge >= 0.3 is 0 Å². The molecular weight excluding hydrogens is 260 g/mol. The third-order valence-electron chi connectivity index (χ3n) is 2.67. The number of rotatable bonds is 4. The predicted octanol–water partition coefficient (Wildman–Crippen LogP) is 1.63. The van der Waals surface area contributed by atoms with Crippen LogP contribution in [0, 0.1) is 6.92 Å². The highest BCUT2D eigenvalue weighted by molar-refractivity contribution is 7.09. The third kappa shape index (κ3) is 3.75. The van der Waals surface area contributed by atoms with Gasteiger partial charge in [0.25, 0.3) is 0 Å². The molecule has 6 heteroatoms. The van der Waals surface area contributed by atoms with Crippen molar-refractivity contribution < 1.29 is 4.79 Å². The van der Waals surface area contributed by atoms with E-state index in [9.17, 15) is 4.79 Å². The molecule has 2 rings (SSSR count). The number of hydrogen-bond acceptors (Lipinski definition) is 5. The van der Waals surface area contributed by atoms with E-state index in [2.05, 4.69) is 9.97 Å². The molecule has 0 aliphatic rings. The number of aromatic nitrogens is 2. The first-order valence-corrected chi connectivity index (χ1v) is 6.78. The molecule has 0 saturated heterocycles. The Kier molecular flexibility index (Phi) is 4.11. The molecular formula is C13H16N4OS. The van der Waals surface area contributed by atoms with Crippen molar-refractivity contribution in [1.82, 2.24) is 14.9 Å². The lowest BCUT2D eigenvalue weighted by molar-refractivity contribution is -0.129. The molecule has 0 unspecified atom stereocenters. The number of aryl methyl sites for hydroxylation is 1. The summed E-state index contributed by atoms with van der Waals surface area (Å²) in [5.41, 5.74) is 7.80. The molecule has 0 saturated carbocycles. The van der Waals surface area contributed by atoms with E-state index >= 15 is 0 Å². The molecule has 2 aromatic heterocycles. The van der Waals surface area contributed by atoms with E-state index in [1.165, 1.54) is 0 Å². The number of anilines is 1. The number of nitrogen functional groups attached to an aromatic ring is 1. The molecule has 0 fully saturated rings. The molecule has 5 nitrogen and oxygen atoms in total. The summed E-state index contributed by atoms with van der Waals surface area (Å²) in [7, 11) is 1.77. The van der Waals surface area contributed by atoms with Gasteiger partial charge in [0.05, 0.1) is 35.6 Å². The van der Waals surface area contributed by atoms with Crippen LogP contribution in [0.1, 0.15) is 16.4 Å². The first-order chi connectivity index (χ1) is 9.04. The van der Waals surface area contributed by atoms with Gasteiger partial charge in [0.15, 0.2) is 0 Å². The highest BCUT2D eigenvalue weighted by Gasteiger charge is 2.12. The Bertz CT molecular complexity index is 564. The van der Waals surface area contributed by atoms with Gasteiger partial charge in [0, 0.05) is 18.1 Å². The van der Waals surface area contributed by atoms with Crippen molar-refractivity contribution in [3.63, 3.8) is 0 Å². The molecule has 0 aliphatic carbocycles. The van der Waals surface area contributed by atoms with Crippen LogP contribution < -0.4 is 5.73 Å². The Morgan fingerprint density at radius 3 is 2.79 bits per heavy atom. The monoisotopic (exact) mass is 276 g/mol. The van der Waals surface area contributed by atoms with Crippen LogP contribution in [0.25, 0.3) is 0 Å². The molecule has 0 radical (unpaired) electrons. The number of amides is 1. The van der Waals surface area contributed by atoms with Crippen molar-refractivity contribution >= 4 is 22.9 Å². The maximum Gasteiger partial charge on any atom is 0.228 e. The van der Waals surface area contributed by atoms with Gasteiger partial charge in [-0.15, -0.1) is 11.3 Å². The highest BCUT2D eigenvalue weighted by Crippen LogP contribution is 2.10. The van der Waals surface area contributed by atoms with Gasteiger partial charge in [-0.1, -0.05) is 0 Å². The Morgan fingerprint density at radius 2 is 2.21 bits per heavy atom. The fourth-order valence-electron chi connectivity index (χ4n) is 1.64. The average Bonchev–Trinajstić information content (AvgIpc) is 2.77. The first-order valence-electron chi connectivity index (χ1n) is 5.90. The molecule has 0 spiro atoms. The number of carbonyl (C=O) groups is 1. The van der Waals surface area contributed by atoms with E-state index in [4.69, 9.17) is 5.73 Å².